The van der Waals surface area contributed by atoms with Crippen molar-refractivity contribution in [3.8, 4) is 11.5 Å². The van der Waals surface area contributed by atoms with Crippen molar-refractivity contribution >= 4 is 0 Å². The van der Waals surface area contributed by atoms with Gasteiger partial charge < -0.3 is 14.9 Å². The molecule has 4 heteroatoms. The van der Waals surface area contributed by atoms with Crippen LogP contribution in [0.4, 0.5) is 0 Å². The molecule has 0 saturated carbocycles. The summed E-state index contributed by atoms with van der Waals surface area (Å²) < 4.78 is 6.13. The number of hydrogen-bond acceptors (Lipinski definition) is 4. The highest BCUT2D eigenvalue weighted by molar-refractivity contribution is 5.61. The lowest BCUT2D eigenvalue weighted by atomic mass is 9.53. The van der Waals surface area contributed by atoms with Crippen molar-refractivity contribution in [2.75, 3.05) is 13.1 Å². The van der Waals surface area contributed by atoms with Gasteiger partial charge >= 0.3 is 0 Å². The molecule has 5 rings (SSSR count). The third-order valence-corrected chi connectivity index (χ3v) is 6.35. The van der Waals surface area contributed by atoms with Gasteiger partial charge in [0.25, 0.3) is 0 Å². The third-order valence-electron chi connectivity index (χ3n) is 6.35. The molecule has 1 saturated heterocycles. The van der Waals surface area contributed by atoms with Crippen LogP contribution in [0, 0.1) is 5.92 Å². The van der Waals surface area contributed by atoms with Gasteiger partial charge in [-0.3, -0.25) is 4.90 Å². The summed E-state index contributed by atoms with van der Waals surface area (Å²) in [4.78, 5) is 2.50. The van der Waals surface area contributed by atoms with Gasteiger partial charge in [0.1, 0.15) is 12.2 Å². The smallest absolute Gasteiger partial charge is 0.165 e. The second-order valence-corrected chi connectivity index (χ2v) is 7.23. The highest BCUT2D eigenvalue weighted by Gasteiger charge is 2.64. The van der Waals surface area contributed by atoms with Crippen LogP contribution in [0.2, 0.25) is 0 Å². The van der Waals surface area contributed by atoms with Crippen molar-refractivity contribution in [3.63, 3.8) is 0 Å². The molecule has 0 radical (unpaired) electrons. The topological polar surface area (TPSA) is 52.9 Å². The molecule has 2 aliphatic heterocycles. The molecule has 2 heterocycles. The van der Waals surface area contributed by atoms with Crippen molar-refractivity contribution in [3.05, 3.63) is 48.1 Å². The zero-order valence-corrected chi connectivity index (χ0v) is 13.0. The first kappa shape index (κ1) is 13.6. The number of phenols is 1. The molecule has 0 amide bonds. The van der Waals surface area contributed by atoms with E-state index < -0.39 is 6.10 Å². The van der Waals surface area contributed by atoms with Crippen LogP contribution in [0.3, 0.4) is 0 Å². The number of aliphatic hydroxyl groups excluding tert-OH is 1. The van der Waals surface area contributed by atoms with Crippen LogP contribution in [-0.4, -0.2) is 46.5 Å². The number of aliphatic hydroxyl groups is 1. The lowest BCUT2D eigenvalue weighted by molar-refractivity contribution is -0.0488. The van der Waals surface area contributed by atoms with Crippen molar-refractivity contribution in [1.29, 1.82) is 0 Å². The fourth-order valence-electron chi connectivity index (χ4n) is 5.52. The van der Waals surface area contributed by atoms with Crippen LogP contribution in [0.5, 0.6) is 11.5 Å². The summed E-state index contributed by atoms with van der Waals surface area (Å²) in [6.07, 6.45) is 7.04. The van der Waals surface area contributed by atoms with Gasteiger partial charge in [-0.15, -0.1) is 6.58 Å². The Hall–Kier alpha value is -1.78. The van der Waals surface area contributed by atoms with Gasteiger partial charge in [-0.25, -0.2) is 0 Å². The molecule has 4 aliphatic rings. The Kier molecular flexibility index (Phi) is 2.61. The lowest BCUT2D eigenvalue weighted by Gasteiger charge is -2.57. The maximum atomic E-state index is 10.5. The fourth-order valence-corrected chi connectivity index (χ4v) is 5.52. The van der Waals surface area contributed by atoms with Gasteiger partial charge in [-0.1, -0.05) is 24.3 Å². The Morgan fingerprint density at radius 2 is 2.26 bits per heavy atom. The summed E-state index contributed by atoms with van der Waals surface area (Å²) in [6.45, 7) is 5.76. The number of rotatable bonds is 2. The number of ether oxygens (including phenoxy) is 1. The molecule has 1 spiro atoms. The van der Waals surface area contributed by atoms with E-state index in [1.165, 1.54) is 5.56 Å². The molecule has 1 fully saturated rings. The van der Waals surface area contributed by atoms with Gasteiger partial charge in [0.2, 0.25) is 0 Å². The lowest BCUT2D eigenvalue weighted by Crippen LogP contribution is -2.65. The third kappa shape index (κ3) is 1.49. The standard InChI is InChI=1S/C19H21NO3/c1-2-8-20-9-7-19-12-4-6-15(22)18(19)23-17-14(21)5-3-11(16(17)19)10-13(12)20/h2-6,12-13,15,18,21-22H,1,7-10H2/t12-,13?,15-,18?,19-/m0/s1. The number of piperidine rings is 1. The maximum Gasteiger partial charge on any atom is 0.165 e. The van der Waals surface area contributed by atoms with Gasteiger partial charge in [0.15, 0.2) is 11.5 Å². The molecule has 0 aromatic heterocycles. The average Bonchev–Trinajstić information content (AvgIpc) is 2.89. The minimum absolute atomic E-state index is 0.196. The molecule has 2 unspecified atom stereocenters. The first-order chi connectivity index (χ1) is 11.2. The summed E-state index contributed by atoms with van der Waals surface area (Å²) in [5, 5.41) is 20.8. The van der Waals surface area contributed by atoms with Crippen molar-refractivity contribution in [1.82, 2.24) is 4.90 Å². The minimum Gasteiger partial charge on any atom is -0.504 e. The highest BCUT2D eigenvalue weighted by Crippen LogP contribution is 2.62. The molecule has 5 atom stereocenters. The van der Waals surface area contributed by atoms with Crippen molar-refractivity contribution < 1.29 is 14.9 Å². The second kappa shape index (κ2) is 4.40. The molecule has 23 heavy (non-hydrogen) atoms. The van der Waals surface area contributed by atoms with Crippen LogP contribution in [-0.2, 0) is 11.8 Å². The Balaban J connectivity index is 1.76. The van der Waals surface area contributed by atoms with Crippen LogP contribution in [0.1, 0.15) is 17.5 Å². The predicted molar refractivity (Wildman–Crippen MR) is 86.7 cm³/mol. The monoisotopic (exact) mass is 311 g/mol. The summed E-state index contributed by atoms with van der Waals surface area (Å²) >= 11 is 0. The van der Waals surface area contributed by atoms with E-state index in [9.17, 15) is 10.2 Å². The first-order valence-electron chi connectivity index (χ1n) is 8.40. The van der Waals surface area contributed by atoms with Crippen LogP contribution < -0.4 is 4.74 Å². The molecule has 2 bridgehead atoms. The summed E-state index contributed by atoms with van der Waals surface area (Å²) in [5.74, 6) is 1.13. The van der Waals surface area contributed by atoms with Gasteiger partial charge in [-0.05, 0) is 31.0 Å². The highest BCUT2D eigenvalue weighted by atomic mass is 16.5. The van der Waals surface area contributed by atoms with E-state index in [4.69, 9.17) is 4.74 Å². The molecule has 2 aliphatic carbocycles. The molecular weight excluding hydrogens is 290 g/mol. The quantitative estimate of drug-likeness (QED) is 0.817. The number of hydrogen-bond donors (Lipinski definition) is 2. The summed E-state index contributed by atoms with van der Waals surface area (Å²) in [6, 6.07) is 4.17. The Morgan fingerprint density at radius 3 is 3.09 bits per heavy atom. The Labute approximate surface area is 135 Å². The van der Waals surface area contributed by atoms with Crippen LogP contribution in [0.25, 0.3) is 0 Å². The number of likely N-dealkylation sites (tertiary alicyclic amines) is 1. The maximum absolute atomic E-state index is 10.5. The van der Waals surface area contributed by atoms with E-state index in [0.29, 0.717) is 17.7 Å². The zero-order chi connectivity index (χ0) is 15.8. The fraction of sp³-hybridized carbons (Fsp3) is 0.474. The van der Waals surface area contributed by atoms with Gasteiger partial charge in [0.05, 0.1) is 0 Å². The molecule has 1 aromatic carbocycles. The first-order valence-corrected chi connectivity index (χ1v) is 8.40. The van der Waals surface area contributed by atoms with Crippen LogP contribution in [0.15, 0.2) is 36.9 Å². The Morgan fingerprint density at radius 1 is 1.39 bits per heavy atom. The largest absolute Gasteiger partial charge is 0.504 e. The van der Waals surface area contributed by atoms with E-state index in [2.05, 4.69) is 17.6 Å². The number of phenolic OH excluding ortho intramolecular Hbond substituents is 1. The molecule has 120 valence electrons. The second-order valence-electron chi connectivity index (χ2n) is 7.23. The SMILES string of the molecule is C=CCN1CC[C@]23c4c5ccc(O)c4OC2[C@@H](O)C=C[C@H]3C1C5. The number of nitrogens with zero attached hydrogens (tertiary/aromatic N) is 1. The summed E-state index contributed by atoms with van der Waals surface area (Å²) in [5.41, 5.74) is 2.22. The molecule has 4 nitrogen and oxygen atoms in total. The molecule has 1 aromatic rings. The zero-order valence-electron chi connectivity index (χ0n) is 13.0. The molecule has 2 N–H and O–H groups in total. The van der Waals surface area contributed by atoms with E-state index in [1.807, 2.05) is 18.2 Å². The van der Waals surface area contributed by atoms with E-state index >= 15 is 0 Å². The van der Waals surface area contributed by atoms with E-state index in [0.717, 1.165) is 31.5 Å². The Bertz CT molecular complexity index is 728. The number of benzene rings is 1. The van der Waals surface area contributed by atoms with Crippen molar-refractivity contribution in [2.45, 2.75) is 36.5 Å². The van der Waals surface area contributed by atoms with Gasteiger partial charge in [0, 0.05) is 29.5 Å². The average molecular weight is 311 g/mol. The summed E-state index contributed by atoms with van der Waals surface area (Å²) in [7, 11) is 0. The van der Waals surface area contributed by atoms with Crippen LogP contribution >= 0.6 is 0 Å². The minimum atomic E-state index is -0.615. The van der Waals surface area contributed by atoms with Gasteiger partial charge in [-0.2, -0.15) is 0 Å². The molecular formula is C19H21NO3. The predicted octanol–water partition coefficient (Wildman–Crippen LogP) is 1.75. The normalized spacial score (nSPS) is 39.7. The number of aromatic hydroxyl groups is 1. The van der Waals surface area contributed by atoms with E-state index in [1.54, 1.807) is 6.07 Å². The van der Waals surface area contributed by atoms with E-state index in [-0.39, 0.29) is 17.3 Å². The van der Waals surface area contributed by atoms with Crippen molar-refractivity contribution in [2.24, 2.45) is 5.92 Å².